The molecule has 0 spiro atoms. The maximum absolute atomic E-state index is 5.69. The Morgan fingerprint density at radius 3 is 1.95 bits per heavy atom. The van der Waals surface area contributed by atoms with E-state index >= 15 is 0 Å². The van der Waals surface area contributed by atoms with Gasteiger partial charge in [-0.1, -0.05) is 19.8 Å². The van der Waals surface area contributed by atoms with Crippen molar-refractivity contribution in [2.45, 2.75) is 65.3 Å². The number of unbranched alkanes of at least 4 members (excludes halogenated alkanes) is 2. The zero-order chi connectivity index (χ0) is 14.5. The maximum atomic E-state index is 5.69. The van der Waals surface area contributed by atoms with E-state index in [1.54, 1.807) is 7.11 Å². The van der Waals surface area contributed by atoms with Gasteiger partial charge in [0.05, 0.1) is 38.1 Å². The molecule has 0 bridgehead atoms. The van der Waals surface area contributed by atoms with Crippen LogP contribution in [0.15, 0.2) is 0 Å². The number of methoxy groups -OCH3 is 1. The van der Waals surface area contributed by atoms with Crippen LogP contribution in [0.3, 0.4) is 0 Å². The van der Waals surface area contributed by atoms with Crippen molar-refractivity contribution in [3.05, 3.63) is 0 Å². The van der Waals surface area contributed by atoms with Gasteiger partial charge in [-0.05, 0) is 27.2 Å². The predicted octanol–water partition coefficient (Wildman–Crippen LogP) is 3.04. The van der Waals surface area contributed by atoms with Crippen LogP contribution in [-0.4, -0.2) is 51.8 Å². The normalized spacial score (nSPS) is 16.3. The Balaban J connectivity index is 3.42. The van der Waals surface area contributed by atoms with Gasteiger partial charge in [0, 0.05) is 13.7 Å². The first-order valence-electron chi connectivity index (χ1n) is 7.43. The summed E-state index contributed by atoms with van der Waals surface area (Å²) in [5, 5.41) is 0. The summed E-state index contributed by atoms with van der Waals surface area (Å²) in [6.07, 6.45) is 3.93. The molecule has 0 saturated carbocycles. The van der Waals surface area contributed by atoms with E-state index in [1.807, 2.05) is 20.8 Å². The summed E-state index contributed by atoms with van der Waals surface area (Å²) in [5.74, 6) is 0. The van der Waals surface area contributed by atoms with Crippen molar-refractivity contribution in [1.82, 2.24) is 0 Å². The molecule has 0 aromatic heterocycles. The van der Waals surface area contributed by atoms with E-state index in [1.165, 1.54) is 12.8 Å². The highest BCUT2D eigenvalue weighted by atomic mass is 16.6. The van der Waals surface area contributed by atoms with E-state index in [9.17, 15) is 0 Å². The molecular formula is C15H32O4. The quantitative estimate of drug-likeness (QED) is 0.485. The molecule has 0 rings (SSSR count). The van der Waals surface area contributed by atoms with E-state index in [0.717, 1.165) is 13.0 Å². The summed E-state index contributed by atoms with van der Waals surface area (Å²) >= 11 is 0. The van der Waals surface area contributed by atoms with Crippen LogP contribution in [0, 0.1) is 0 Å². The molecule has 0 fully saturated rings. The molecule has 0 aliphatic carbocycles. The van der Waals surface area contributed by atoms with Crippen LogP contribution >= 0.6 is 0 Å². The van der Waals surface area contributed by atoms with Gasteiger partial charge in [0.15, 0.2) is 0 Å². The van der Waals surface area contributed by atoms with Crippen LogP contribution < -0.4 is 0 Å². The molecule has 19 heavy (non-hydrogen) atoms. The highest BCUT2D eigenvalue weighted by molar-refractivity contribution is 4.54. The third-order valence-corrected chi connectivity index (χ3v) is 2.88. The Labute approximate surface area is 118 Å². The molecule has 4 nitrogen and oxygen atoms in total. The van der Waals surface area contributed by atoms with Crippen LogP contribution in [0.1, 0.15) is 47.0 Å². The van der Waals surface area contributed by atoms with Crippen molar-refractivity contribution in [2.75, 3.05) is 33.5 Å². The summed E-state index contributed by atoms with van der Waals surface area (Å²) in [6.45, 7) is 10.9. The minimum absolute atomic E-state index is 0.0835. The van der Waals surface area contributed by atoms with E-state index in [0.29, 0.717) is 19.8 Å². The second kappa shape index (κ2) is 12.9. The summed E-state index contributed by atoms with van der Waals surface area (Å²) in [4.78, 5) is 0. The van der Waals surface area contributed by atoms with E-state index in [2.05, 4.69) is 6.92 Å². The molecule has 3 unspecified atom stereocenters. The van der Waals surface area contributed by atoms with E-state index < -0.39 is 0 Å². The molecule has 4 heteroatoms. The third-order valence-electron chi connectivity index (χ3n) is 2.88. The molecule has 0 radical (unpaired) electrons. The smallest absolute Gasteiger partial charge is 0.0781 e. The fourth-order valence-corrected chi connectivity index (χ4v) is 1.47. The minimum atomic E-state index is 0.0835. The van der Waals surface area contributed by atoms with Gasteiger partial charge in [0.2, 0.25) is 0 Å². The molecule has 116 valence electrons. The second-order valence-electron chi connectivity index (χ2n) is 5.12. The van der Waals surface area contributed by atoms with Gasteiger partial charge in [-0.2, -0.15) is 0 Å². The first-order chi connectivity index (χ1) is 9.10. The molecule has 0 N–H and O–H groups in total. The average Bonchev–Trinajstić information content (AvgIpc) is 2.42. The lowest BCUT2D eigenvalue weighted by Gasteiger charge is -2.19. The lowest BCUT2D eigenvalue weighted by atomic mass is 10.3. The third kappa shape index (κ3) is 12.6. The number of hydrogen-bond acceptors (Lipinski definition) is 4. The molecular weight excluding hydrogens is 244 g/mol. The van der Waals surface area contributed by atoms with Gasteiger partial charge in [0.1, 0.15) is 0 Å². The Morgan fingerprint density at radius 2 is 1.37 bits per heavy atom. The van der Waals surface area contributed by atoms with Crippen molar-refractivity contribution in [3.8, 4) is 0 Å². The Kier molecular flexibility index (Phi) is 12.7. The first-order valence-corrected chi connectivity index (χ1v) is 7.43. The summed E-state index contributed by atoms with van der Waals surface area (Å²) < 4.78 is 22.0. The highest BCUT2D eigenvalue weighted by Crippen LogP contribution is 2.01. The van der Waals surface area contributed by atoms with Gasteiger partial charge >= 0.3 is 0 Å². The molecule has 0 aromatic rings. The lowest BCUT2D eigenvalue weighted by molar-refractivity contribution is -0.0746. The van der Waals surface area contributed by atoms with Gasteiger partial charge in [-0.3, -0.25) is 0 Å². The fourth-order valence-electron chi connectivity index (χ4n) is 1.47. The van der Waals surface area contributed by atoms with Crippen molar-refractivity contribution >= 4 is 0 Å². The second-order valence-corrected chi connectivity index (χ2v) is 5.12. The van der Waals surface area contributed by atoms with Gasteiger partial charge in [0.25, 0.3) is 0 Å². The van der Waals surface area contributed by atoms with E-state index in [4.69, 9.17) is 18.9 Å². The summed E-state index contributed by atoms with van der Waals surface area (Å²) in [7, 11) is 1.69. The molecule has 3 atom stereocenters. The SMILES string of the molecule is CCCCCOCC(C)OCC(C)OCC(C)OC. The summed E-state index contributed by atoms with van der Waals surface area (Å²) in [6, 6.07) is 0. The summed E-state index contributed by atoms with van der Waals surface area (Å²) in [5.41, 5.74) is 0. The Hall–Kier alpha value is -0.160. The molecule has 0 aliphatic rings. The standard InChI is InChI=1S/C15H32O4/c1-6-7-8-9-17-10-14(3)19-12-15(4)18-11-13(2)16-5/h13-15H,6-12H2,1-5H3. The molecule has 0 amide bonds. The number of hydrogen-bond donors (Lipinski definition) is 0. The van der Waals surface area contributed by atoms with E-state index in [-0.39, 0.29) is 18.3 Å². The maximum Gasteiger partial charge on any atom is 0.0781 e. The van der Waals surface area contributed by atoms with Crippen molar-refractivity contribution in [3.63, 3.8) is 0 Å². The van der Waals surface area contributed by atoms with Crippen LogP contribution in [0.25, 0.3) is 0 Å². The Morgan fingerprint density at radius 1 is 0.789 bits per heavy atom. The van der Waals surface area contributed by atoms with Crippen molar-refractivity contribution in [1.29, 1.82) is 0 Å². The zero-order valence-electron chi connectivity index (χ0n) is 13.3. The molecule has 0 heterocycles. The van der Waals surface area contributed by atoms with Gasteiger partial charge in [-0.15, -0.1) is 0 Å². The van der Waals surface area contributed by atoms with Gasteiger partial charge in [-0.25, -0.2) is 0 Å². The number of rotatable bonds is 13. The van der Waals surface area contributed by atoms with Crippen LogP contribution in [0.2, 0.25) is 0 Å². The average molecular weight is 276 g/mol. The topological polar surface area (TPSA) is 36.9 Å². The largest absolute Gasteiger partial charge is 0.379 e. The lowest BCUT2D eigenvalue weighted by Crippen LogP contribution is -2.26. The first kappa shape index (κ1) is 18.8. The fraction of sp³-hybridized carbons (Fsp3) is 1.00. The van der Waals surface area contributed by atoms with Crippen LogP contribution in [-0.2, 0) is 18.9 Å². The minimum Gasteiger partial charge on any atom is -0.379 e. The molecule has 0 saturated heterocycles. The van der Waals surface area contributed by atoms with Crippen LogP contribution in [0.5, 0.6) is 0 Å². The highest BCUT2D eigenvalue weighted by Gasteiger charge is 2.09. The van der Waals surface area contributed by atoms with Crippen molar-refractivity contribution < 1.29 is 18.9 Å². The Bertz CT molecular complexity index is 187. The predicted molar refractivity (Wildman–Crippen MR) is 77.6 cm³/mol. The van der Waals surface area contributed by atoms with Crippen LogP contribution in [0.4, 0.5) is 0 Å². The van der Waals surface area contributed by atoms with Crippen molar-refractivity contribution in [2.24, 2.45) is 0 Å². The molecule has 0 aromatic carbocycles. The van der Waals surface area contributed by atoms with Gasteiger partial charge < -0.3 is 18.9 Å². The number of ether oxygens (including phenoxy) is 4. The monoisotopic (exact) mass is 276 g/mol. The molecule has 0 aliphatic heterocycles. The zero-order valence-corrected chi connectivity index (χ0v) is 13.3.